The van der Waals surface area contributed by atoms with E-state index >= 15 is 0 Å². The van der Waals surface area contributed by atoms with Gasteiger partial charge in [-0.2, -0.15) is 0 Å². The Bertz CT molecular complexity index is 645. The summed E-state index contributed by atoms with van der Waals surface area (Å²) in [5.41, 5.74) is 0. The molecule has 0 saturated heterocycles. The number of rotatable bonds is 0. The van der Waals surface area contributed by atoms with E-state index in [4.69, 9.17) is 64.9 Å². The quantitative estimate of drug-likeness (QED) is 0.124. The van der Waals surface area contributed by atoms with Gasteiger partial charge in [0.15, 0.2) is 0 Å². The van der Waals surface area contributed by atoms with Crippen LogP contribution in [0, 0.1) is 0 Å². The van der Waals surface area contributed by atoms with Gasteiger partial charge in [0.05, 0.1) is 0 Å². The van der Waals surface area contributed by atoms with Crippen molar-refractivity contribution >= 4 is 52.5 Å². The Balaban J connectivity index is -0.0000000148. The zero-order valence-electron chi connectivity index (χ0n) is 12.8. The van der Waals surface area contributed by atoms with Gasteiger partial charge < -0.3 is 46.3 Å². The van der Waals surface area contributed by atoms with E-state index in [2.05, 4.69) is 0 Å². The fraction of sp³-hybridized carbons (Fsp3) is 0. The molecule has 0 N–H and O–H groups in total. The van der Waals surface area contributed by atoms with Gasteiger partial charge in [0.1, 0.15) is 0 Å². The van der Waals surface area contributed by atoms with Crippen molar-refractivity contribution < 1.29 is 153 Å². The van der Waals surface area contributed by atoms with Crippen molar-refractivity contribution in [3.05, 3.63) is 0 Å². The van der Waals surface area contributed by atoms with Gasteiger partial charge in [-0.3, -0.25) is 0 Å². The molecule has 0 amide bonds. The standard InChI is InChI=1S/5FHO3S.5FH.2Ta/c5*1-5(2,3)4;;;;;;;/h5*(H,2,3,4);5*1H;;/q;;;;;;;;;;2*+5/p-10. The predicted octanol–water partition coefficient (Wildman–Crippen LogP) is -17.9. The van der Waals surface area contributed by atoms with Gasteiger partial charge in [-0.15, -0.1) is 19.4 Å². The minimum Gasteiger partial charge on any atom is -1.00 e. The Labute approximate surface area is 204 Å². The van der Waals surface area contributed by atoms with Gasteiger partial charge in [0.25, 0.3) is 52.5 Å². The Morgan fingerprint density at radius 1 is 0.312 bits per heavy atom. The molecule has 0 atom stereocenters. The van der Waals surface area contributed by atoms with Crippen LogP contribution >= 0.6 is 0 Å². The van der Waals surface area contributed by atoms with Gasteiger partial charge in [0.2, 0.25) is 0 Å². The fourth-order valence-electron chi connectivity index (χ4n) is 0. The summed E-state index contributed by atoms with van der Waals surface area (Å²) in [5, 5.41) is 0. The molecule has 0 saturated carbocycles. The average molecular weight is 952 g/mol. The van der Waals surface area contributed by atoms with E-state index < -0.39 is 52.5 Å². The first-order valence-corrected chi connectivity index (χ1v) is 9.81. The maximum absolute atomic E-state index is 10.1. The molecule has 0 heterocycles. The van der Waals surface area contributed by atoms with Crippen LogP contribution in [0.5, 0.6) is 0 Å². The second kappa shape index (κ2) is 31.3. The molecule has 0 radical (unpaired) electrons. The van der Waals surface area contributed by atoms with E-state index in [0.29, 0.717) is 0 Å². The van der Waals surface area contributed by atoms with E-state index in [1.807, 2.05) is 0 Å². The summed E-state index contributed by atoms with van der Waals surface area (Å²) in [7, 11) is -27.1. The van der Waals surface area contributed by atoms with Crippen LogP contribution < -0.4 is 23.5 Å². The first-order chi connectivity index (χ1) is 10.0. The molecule has 0 spiro atoms. The van der Waals surface area contributed by atoms with Gasteiger partial charge in [-0.25, -0.2) is 42.1 Å². The third kappa shape index (κ3) is 239000. The monoisotopic (exact) mass is 952 g/mol. The third-order valence-electron chi connectivity index (χ3n) is 0. The van der Waals surface area contributed by atoms with Crippen molar-refractivity contribution in [2.45, 2.75) is 0 Å². The molecule has 200 valence electrons. The summed E-state index contributed by atoms with van der Waals surface area (Å²) < 4.78 is 177. The number of halogens is 10. The molecule has 0 aliphatic rings. The van der Waals surface area contributed by atoms with E-state index in [9.17, 15) is 19.4 Å². The minimum atomic E-state index is -5.42. The fourth-order valence-corrected chi connectivity index (χ4v) is 0. The van der Waals surface area contributed by atoms with Crippen LogP contribution in [-0.2, 0) is 97.3 Å². The van der Waals surface area contributed by atoms with Crippen LogP contribution in [0.3, 0.4) is 0 Å². The van der Waals surface area contributed by atoms with Crippen LogP contribution in [0.4, 0.5) is 19.4 Å². The molecule has 0 aromatic heterocycles. The normalized spacial score (nSPS) is 9.06. The Kier molecular flexibility index (Phi) is 75.2. The van der Waals surface area contributed by atoms with Crippen molar-refractivity contribution in [1.82, 2.24) is 0 Å². The van der Waals surface area contributed by atoms with Gasteiger partial charge in [-0.05, 0) is 0 Å². The molecular weight excluding hydrogens is 952 g/mol. The Morgan fingerprint density at radius 3 is 0.312 bits per heavy atom. The first kappa shape index (κ1) is 76.8. The Hall–Kier alpha value is 0.331. The summed E-state index contributed by atoms with van der Waals surface area (Å²) >= 11 is 0. The summed E-state index contributed by atoms with van der Waals surface area (Å²) in [6.45, 7) is 0. The van der Waals surface area contributed by atoms with Crippen LogP contribution in [0.15, 0.2) is 0 Å². The van der Waals surface area contributed by atoms with E-state index in [0.717, 1.165) is 0 Å². The molecule has 32 heteroatoms. The Morgan fingerprint density at radius 2 is 0.312 bits per heavy atom. The smallest absolute Gasteiger partial charge is 1.00 e. The van der Waals surface area contributed by atoms with Crippen molar-refractivity contribution in [1.29, 1.82) is 0 Å². The topological polar surface area (TPSA) is 286 Å². The predicted molar refractivity (Wildman–Crippen MR) is 54.0 cm³/mol. The second-order valence-electron chi connectivity index (χ2n) is 1.97. The molecule has 0 aliphatic carbocycles. The van der Waals surface area contributed by atoms with Gasteiger partial charge >= 0.3 is 44.8 Å². The van der Waals surface area contributed by atoms with Gasteiger partial charge in [0, 0.05) is 0 Å². The third-order valence-corrected chi connectivity index (χ3v) is 0. The van der Waals surface area contributed by atoms with Crippen LogP contribution in [-0.4, -0.2) is 64.9 Å². The molecule has 0 rings (SSSR count). The van der Waals surface area contributed by atoms with Crippen LogP contribution in [0.2, 0.25) is 0 Å². The molecule has 32 heavy (non-hydrogen) atoms. The van der Waals surface area contributed by atoms with E-state index in [1.54, 1.807) is 0 Å². The van der Waals surface area contributed by atoms with Crippen molar-refractivity contribution in [2.24, 2.45) is 0 Å². The molecule has 0 unspecified atom stereocenters. The summed E-state index contributed by atoms with van der Waals surface area (Å²) in [6.07, 6.45) is 0. The van der Waals surface area contributed by atoms with Gasteiger partial charge in [-0.1, -0.05) is 0 Å². The maximum atomic E-state index is 10.1. The summed E-state index contributed by atoms with van der Waals surface area (Å²) in [6, 6.07) is 0. The second-order valence-corrected chi connectivity index (χ2v) is 5.90. The van der Waals surface area contributed by atoms with Crippen LogP contribution in [0.25, 0.3) is 0 Å². The van der Waals surface area contributed by atoms with Crippen molar-refractivity contribution in [2.75, 3.05) is 0 Å². The minimum absolute atomic E-state index is 0. The average Bonchev–Trinajstić information content (AvgIpc) is 1.79. The van der Waals surface area contributed by atoms with Crippen molar-refractivity contribution in [3.8, 4) is 0 Å². The molecule has 0 fully saturated rings. The molecule has 0 aliphatic heterocycles. The SMILES string of the molecule is O=S(=O)([O-])F.O=S(=O)([O-])F.O=S(=O)([O-])F.O=S(=O)([O-])F.O=S(=O)([O-])F.[F-].[F-].[F-].[F-].[F-].[Ta+5].[Ta+5]. The molecule has 0 aromatic rings. The summed E-state index contributed by atoms with van der Waals surface area (Å²) in [4.78, 5) is 0. The molecule has 15 nitrogen and oxygen atoms in total. The molecular formula is F10O15S5Ta2. The number of hydrogen-bond acceptors (Lipinski definition) is 15. The van der Waals surface area contributed by atoms with E-state index in [1.165, 1.54) is 0 Å². The molecule has 0 aromatic carbocycles. The largest absolute Gasteiger partial charge is 5.00 e. The zero-order chi connectivity index (χ0) is 22.5. The summed E-state index contributed by atoms with van der Waals surface area (Å²) in [5.74, 6) is 0. The number of hydrogen-bond donors (Lipinski definition) is 0. The van der Waals surface area contributed by atoms with Crippen molar-refractivity contribution in [3.63, 3.8) is 0 Å². The van der Waals surface area contributed by atoms with E-state index in [-0.39, 0.29) is 68.3 Å². The van der Waals surface area contributed by atoms with Crippen LogP contribution in [0.1, 0.15) is 0 Å². The molecule has 0 bridgehead atoms. The first-order valence-electron chi connectivity index (χ1n) is 3.27. The maximum Gasteiger partial charge on any atom is 5.00 e. The zero-order valence-corrected chi connectivity index (χ0v) is 23.3.